The summed E-state index contributed by atoms with van der Waals surface area (Å²) in [7, 11) is 0. The Balaban J connectivity index is 1.70. The van der Waals surface area contributed by atoms with Crippen molar-refractivity contribution in [3.05, 3.63) is 46.4 Å². The van der Waals surface area contributed by atoms with Crippen LogP contribution in [0.15, 0.2) is 51.2 Å². The lowest BCUT2D eigenvalue weighted by molar-refractivity contribution is -0.140. The summed E-state index contributed by atoms with van der Waals surface area (Å²) in [4.78, 5) is 28.6. The average molecular weight is 463 g/mol. The van der Waals surface area contributed by atoms with Gasteiger partial charge in [0, 0.05) is 11.4 Å². The maximum atomic E-state index is 12.5. The molecule has 0 aromatic heterocycles. The van der Waals surface area contributed by atoms with Gasteiger partial charge in [0.05, 0.1) is 15.6 Å². The number of rotatable bonds is 10. The van der Waals surface area contributed by atoms with E-state index in [1.807, 2.05) is 18.2 Å². The Labute approximate surface area is 191 Å². The molecule has 1 aromatic carbocycles. The molecule has 30 heavy (non-hydrogen) atoms. The number of benzene rings is 1. The number of thiocarbonyl (C=S) groups is 1. The molecule has 5 nitrogen and oxygen atoms in total. The van der Waals surface area contributed by atoms with E-state index >= 15 is 0 Å². The first-order valence-corrected chi connectivity index (χ1v) is 12.3. The summed E-state index contributed by atoms with van der Waals surface area (Å²) in [5.74, 6) is -1.41. The van der Waals surface area contributed by atoms with E-state index in [1.54, 1.807) is 17.8 Å². The third-order valence-electron chi connectivity index (χ3n) is 4.92. The number of hydrogen-bond acceptors (Lipinski definition) is 6. The molecule has 0 bridgehead atoms. The smallest absolute Gasteiger partial charge is 0.323 e. The van der Waals surface area contributed by atoms with Gasteiger partial charge in [-0.05, 0) is 30.7 Å². The van der Waals surface area contributed by atoms with Gasteiger partial charge in [0.25, 0.3) is 5.91 Å². The second kappa shape index (κ2) is 11.0. The molecular formula is C22H26N2O3S3. The van der Waals surface area contributed by atoms with Crippen molar-refractivity contribution in [1.29, 1.82) is 0 Å². The fraction of sp³-hybridized carbons (Fsp3) is 0.409. The number of unbranched alkanes of at least 4 members (excludes halogenated alkanes) is 5. The minimum absolute atomic E-state index is 0.290. The molecule has 2 heterocycles. The molecule has 2 aliphatic rings. The molecule has 1 saturated heterocycles. The summed E-state index contributed by atoms with van der Waals surface area (Å²) >= 11 is 8.02. The minimum atomic E-state index is -1.07. The largest absolute Gasteiger partial charge is 0.480 e. The van der Waals surface area contributed by atoms with Crippen LogP contribution in [0.25, 0.3) is 0 Å². The topological polar surface area (TPSA) is 60.9 Å². The highest BCUT2D eigenvalue weighted by Gasteiger charge is 2.33. The van der Waals surface area contributed by atoms with Gasteiger partial charge >= 0.3 is 5.97 Å². The van der Waals surface area contributed by atoms with E-state index in [0.717, 1.165) is 34.7 Å². The predicted molar refractivity (Wildman–Crippen MR) is 129 cm³/mol. The molecule has 8 heteroatoms. The molecule has 1 amide bonds. The molecule has 0 aliphatic carbocycles. The van der Waals surface area contributed by atoms with Crippen LogP contribution in [0.2, 0.25) is 0 Å². The van der Waals surface area contributed by atoms with E-state index < -0.39 is 12.5 Å². The quantitative estimate of drug-likeness (QED) is 0.275. The van der Waals surface area contributed by atoms with Gasteiger partial charge in [0.15, 0.2) is 0 Å². The fourth-order valence-electron chi connectivity index (χ4n) is 3.39. The van der Waals surface area contributed by atoms with Crippen molar-refractivity contribution in [3.63, 3.8) is 0 Å². The number of aliphatic carboxylic acids is 1. The van der Waals surface area contributed by atoms with Crippen LogP contribution in [-0.2, 0) is 9.59 Å². The maximum absolute atomic E-state index is 12.5. The van der Waals surface area contributed by atoms with E-state index in [0.29, 0.717) is 9.23 Å². The number of thioether (sulfide) groups is 2. The zero-order chi connectivity index (χ0) is 21.5. The average Bonchev–Trinajstić information content (AvgIpc) is 3.20. The number of amides is 1. The lowest BCUT2D eigenvalue weighted by Gasteiger charge is -2.20. The lowest BCUT2D eigenvalue weighted by atomic mass is 10.1. The van der Waals surface area contributed by atoms with Crippen molar-refractivity contribution >= 4 is 57.6 Å². The summed E-state index contributed by atoms with van der Waals surface area (Å²) in [6.07, 6.45) is 11.2. The number of carbonyl (C=O) groups is 2. The number of anilines is 1. The molecule has 3 rings (SSSR count). The second-order valence-corrected chi connectivity index (χ2v) is 9.92. The summed E-state index contributed by atoms with van der Waals surface area (Å²) < 4.78 is 0.290. The van der Waals surface area contributed by atoms with Gasteiger partial charge in [-0.2, -0.15) is 0 Å². The third kappa shape index (κ3) is 5.68. The van der Waals surface area contributed by atoms with Gasteiger partial charge in [-0.1, -0.05) is 86.9 Å². The highest BCUT2D eigenvalue weighted by Crippen LogP contribution is 2.46. The summed E-state index contributed by atoms with van der Waals surface area (Å²) in [5, 5.41) is 10.1. The van der Waals surface area contributed by atoms with Crippen LogP contribution in [-0.4, -0.2) is 39.3 Å². The third-order valence-corrected chi connectivity index (χ3v) is 7.44. The van der Waals surface area contributed by atoms with Crippen LogP contribution < -0.4 is 4.90 Å². The Kier molecular flexibility index (Phi) is 8.41. The Morgan fingerprint density at radius 1 is 1.07 bits per heavy atom. The number of nitrogens with zero attached hydrogens (tertiary/aromatic N) is 2. The van der Waals surface area contributed by atoms with Gasteiger partial charge in [0.2, 0.25) is 0 Å². The number of allylic oxidation sites excluding steroid dienone is 2. The lowest BCUT2D eigenvalue weighted by Crippen LogP contribution is -2.33. The van der Waals surface area contributed by atoms with Crippen LogP contribution in [0.1, 0.15) is 45.4 Å². The number of carbonyl (C=O) groups excluding carboxylic acids is 1. The van der Waals surface area contributed by atoms with Crippen molar-refractivity contribution in [1.82, 2.24) is 4.90 Å². The molecule has 0 radical (unpaired) electrons. The SMILES string of the molecule is CCCCCCCCN1/C(=C\C=C2\SC(=S)N(CC(=O)O)C2=O)Sc2ccccc21. The Morgan fingerprint density at radius 2 is 1.80 bits per heavy atom. The van der Waals surface area contributed by atoms with E-state index in [2.05, 4.69) is 24.0 Å². The fourth-order valence-corrected chi connectivity index (χ4v) is 5.68. The van der Waals surface area contributed by atoms with Crippen molar-refractivity contribution < 1.29 is 14.7 Å². The summed E-state index contributed by atoms with van der Waals surface area (Å²) in [5.41, 5.74) is 1.20. The van der Waals surface area contributed by atoms with Crippen molar-refractivity contribution in [2.45, 2.75) is 50.3 Å². The Bertz CT molecular complexity index is 882. The zero-order valence-electron chi connectivity index (χ0n) is 17.0. The van der Waals surface area contributed by atoms with Crippen molar-refractivity contribution in [2.75, 3.05) is 18.0 Å². The van der Waals surface area contributed by atoms with Crippen LogP contribution in [0.5, 0.6) is 0 Å². The number of fused-ring (bicyclic) bond motifs is 1. The first-order valence-electron chi connectivity index (χ1n) is 10.2. The Morgan fingerprint density at radius 3 is 2.57 bits per heavy atom. The normalized spacial score (nSPS) is 18.7. The van der Waals surface area contributed by atoms with Crippen LogP contribution in [0.4, 0.5) is 5.69 Å². The van der Waals surface area contributed by atoms with Gasteiger partial charge in [-0.15, -0.1) is 0 Å². The minimum Gasteiger partial charge on any atom is -0.480 e. The van der Waals surface area contributed by atoms with Gasteiger partial charge in [-0.3, -0.25) is 14.5 Å². The van der Waals surface area contributed by atoms with Crippen molar-refractivity contribution in [3.8, 4) is 0 Å². The molecule has 0 unspecified atom stereocenters. The number of carboxylic acid groups (broad SMARTS) is 1. The number of para-hydroxylation sites is 1. The highest BCUT2D eigenvalue weighted by atomic mass is 32.2. The molecule has 2 aliphatic heterocycles. The first-order chi connectivity index (χ1) is 14.5. The maximum Gasteiger partial charge on any atom is 0.323 e. The molecule has 1 aromatic rings. The molecule has 0 spiro atoms. The summed E-state index contributed by atoms with van der Waals surface area (Å²) in [6, 6.07) is 8.33. The van der Waals surface area contributed by atoms with Crippen molar-refractivity contribution in [2.24, 2.45) is 0 Å². The van der Waals surface area contributed by atoms with E-state index in [9.17, 15) is 9.59 Å². The Hall–Kier alpha value is -1.77. The van der Waals surface area contributed by atoms with E-state index in [-0.39, 0.29) is 5.91 Å². The van der Waals surface area contributed by atoms with E-state index in [4.69, 9.17) is 17.3 Å². The first kappa shape index (κ1) is 22.9. The number of hydrogen-bond donors (Lipinski definition) is 1. The summed E-state index contributed by atoms with van der Waals surface area (Å²) in [6.45, 7) is 2.77. The second-order valence-electron chi connectivity index (χ2n) is 7.18. The molecule has 1 fully saturated rings. The van der Waals surface area contributed by atoms with Gasteiger partial charge in [-0.25, -0.2) is 0 Å². The molecule has 0 saturated carbocycles. The van der Waals surface area contributed by atoms with Gasteiger partial charge < -0.3 is 10.0 Å². The highest BCUT2D eigenvalue weighted by molar-refractivity contribution is 8.26. The molecule has 0 atom stereocenters. The van der Waals surface area contributed by atoms with Crippen LogP contribution in [0.3, 0.4) is 0 Å². The molecular weight excluding hydrogens is 436 g/mol. The molecule has 1 N–H and O–H groups in total. The van der Waals surface area contributed by atoms with Crippen LogP contribution >= 0.6 is 35.7 Å². The predicted octanol–water partition coefficient (Wildman–Crippen LogP) is 5.63. The van der Waals surface area contributed by atoms with E-state index in [1.165, 1.54) is 42.7 Å². The molecule has 160 valence electrons. The monoisotopic (exact) mass is 462 g/mol. The zero-order valence-corrected chi connectivity index (χ0v) is 19.5. The van der Waals surface area contributed by atoms with Gasteiger partial charge in [0.1, 0.15) is 10.9 Å². The number of carboxylic acids is 1. The standard InChI is InChI=1S/C22H26N2O3S3/c1-2-3-4-5-6-9-14-23-16-10-7-8-11-17(16)29-19(23)13-12-18-21(27)24(15-20(25)26)22(28)30-18/h7-8,10-13H,2-6,9,14-15H2,1H3,(H,25,26)/b18-12+,19-13+. The van der Waals surface area contributed by atoms with Crippen LogP contribution in [0, 0.1) is 0 Å².